The minimum absolute atomic E-state index is 0.0280. The zero-order valence-corrected chi connectivity index (χ0v) is 23.0. The third-order valence-electron chi connectivity index (χ3n) is 7.13. The fourth-order valence-electron chi connectivity index (χ4n) is 4.84. The number of carbonyl (C=O) groups is 2. The van der Waals surface area contributed by atoms with Gasteiger partial charge < -0.3 is 19.5 Å². The number of carbonyl (C=O) groups excluding carboxylic acids is 2. The van der Waals surface area contributed by atoms with Gasteiger partial charge in [-0.1, -0.05) is 57.0 Å². The molecule has 0 bridgehead atoms. The van der Waals surface area contributed by atoms with E-state index in [1.54, 1.807) is 29.0 Å². The first kappa shape index (κ1) is 29.4. The molecule has 206 valence electrons. The second-order valence-corrected chi connectivity index (χ2v) is 9.90. The number of unbranched alkanes of at least 4 members (excludes halogenated alkanes) is 1. The van der Waals surface area contributed by atoms with E-state index < -0.39 is 0 Å². The van der Waals surface area contributed by atoms with E-state index in [9.17, 15) is 14.0 Å². The number of fused-ring (bicyclic) bond motifs is 1. The van der Waals surface area contributed by atoms with Crippen molar-refractivity contribution in [2.45, 2.75) is 58.9 Å². The predicted molar refractivity (Wildman–Crippen MR) is 150 cm³/mol. The molecule has 1 heterocycles. The average molecular weight is 524 g/mol. The number of halogens is 1. The van der Waals surface area contributed by atoms with Crippen LogP contribution in [0.4, 0.5) is 4.39 Å². The normalized spacial score (nSPS) is 12.0. The van der Waals surface area contributed by atoms with Crippen LogP contribution in [0.1, 0.15) is 57.1 Å². The number of ether oxygens (including phenoxy) is 1. The highest BCUT2D eigenvalue weighted by molar-refractivity contribution is 5.86. The lowest BCUT2D eigenvalue weighted by molar-refractivity contribution is -0.143. The van der Waals surface area contributed by atoms with Crippen LogP contribution in [0, 0.1) is 11.7 Å². The molecule has 0 aliphatic rings. The smallest absolute Gasteiger partial charge is 0.242 e. The second-order valence-electron chi connectivity index (χ2n) is 9.90. The third kappa shape index (κ3) is 8.42. The Bertz CT molecular complexity index is 1140. The predicted octanol–water partition coefficient (Wildman–Crippen LogP) is 5.96. The Hall–Kier alpha value is -3.19. The first-order valence-electron chi connectivity index (χ1n) is 13.8. The fraction of sp³-hybridized carbons (Fsp3) is 0.484. The van der Waals surface area contributed by atoms with E-state index >= 15 is 0 Å². The van der Waals surface area contributed by atoms with Crippen LogP contribution in [0.5, 0.6) is 0 Å². The van der Waals surface area contributed by atoms with Gasteiger partial charge in [-0.25, -0.2) is 4.39 Å². The molecule has 7 heteroatoms. The summed E-state index contributed by atoms with van der Waals surface area (Å²) in [5.41, 5.74) is 3.05. The highest BCUT2D eigenvalue weighted by Crippen LogP contribution is 2.20. The van der Waals surface area contributed by atoms with E-state index in [1.807, 2.05) is 31.3 Å². The molecule has 1 N–H and O–H groups in total. The van der Waals surface area contributed by atoms with Gasteiger partial charge in [0.2, 0.25) is 11.8 Å². The molecular weight excluding hydrogens is 481 g/mol. The van der Waals surface area contributed by atoms with Crippen LogP contribution in [0.15, 0.2) is 54.7 Å². The molecule has 0 aliphatic carbocycles. The lowest BCUT2D eigenvalue weighted by atomic mass is 9.97. The number of nitrogens with zero attached hydrogens (tertiary/aromatic N) is 2. The van der Waals surface area contributed by atoms with Crippen molar-refractivity contribution in [3.63, 3.8) is 0 Å². The van der Waals surface area contributed by atoms with Gasteiger partial charge in [0.25, 0.3) is 0 Å². The summed E-state index contributed by atoms with van der Waals surface area (Å²) in [7, 11) is 1.64. The van der Waals surface area contributed by atoms with Gasteiger partial charge in [-0.05, 0) is 55.0 Å². The Kier molecular flexibility index (Phi) is 11.8. The van der Waals surface area contributed by atoms with Crippen LogP contribution < -0.4 is 0 Å². The summed E-state index contributed by atoms with van der Waals surface area (Å²) in [6.07, 6.45) is 6.95. The van der Waals surface area contributed by atoms with Crippen molar-refractivity contribution in [3.05, 3.63) is 71.7 Å². The summed E-state index contributed by atoms with van der Waals surface area (Å²) in [5, 5.41) is 1.14. The average Bonchev–Trinajstić information content (AvgIpc) is 3.35. The monoisotopic (exact) mass is 523 g/mol. The first-order chi connectivity index (χ1) is 18.5. The van der Waals surface area contributed by atoms with Gasteiger partial charge in [0.1, 0.15) is 5.82 Å². The van der Waals surface area contributed by atoms with E-state index in [4.69, 9.17) is 4.74 Å². The first-order valence-corrected chi connectivity index (χ1v) is 13.8. The number of hydrogen-bond acceptors (Lipinski definition) is 3. The van der Waals surface area contributed by atoms with Gasteiger partial charge in [0, 0.05) is 56.4 Å². The molecule has 1 atom stereocenters. The van der Waals surface area contributed by atoms with Crippen molar-refractivity contribution < 1.29 is 18.7 Å². The molecule has 0 unspecified atom stereocenters. The molecule has 0 fully saturated rings. The molecule has 38 heavy (non-hydrogen) atoms. The maximum Gasteiger partial charge on any atom is 0.242 e. The van der Waals surface area contributed by atoms with E-state index in [0.717, 1.165) is 47.7 Å². The number of methoxy groups -OCH3 is 1. The largest absolute Gasteiger partial charge is 0.385 e. The minimum atomic E-state index is -0.307. The summed E-state index contributed by atoms with van der Waals surface area (Å²) in [4.78, 5) is 34.0. The third-order valence-corrected chi connectivity index (χ3v) is 7.13. The second kappa shape index (κ2) is 15.3. The Morgan fingerprint density at radius 1 is 1.00 bits per heavy atom. The standard InChI is InChI=1S/C31H42FN3O3/c1-4-6-10-25(5-2)31(37)35(18-9-20-38-3)23-30(36)34(22-24-13-15-27(32)16-14-24)19-17-26-21-33-29-12-8-7-11-28(26)29/h7-8,11-16,21,25,33H,4-6,9-10,17-20,22-23H2,1-3H3/t25-/m1/s1. The number of hydrogen-bond donors (Lipinski definition) is 1. The summed E-state index contributed by atoms with van der Waals surface area (Å²) < 4.78 is 18.7. The van der Waals surface area contributed by atoms with Gasteiger partial charge >= 0.3 is 0 Å². The molecule has 1 aromatic heterocycles. The van der Waals surface area contributed by atoms with Crippen LogP contribution in [0.25, 0.3) is 10.9 Å². The van der Waals surface area contributed by atoms with Crippen LogP contribution in [-0.2, 0) is 27.3 Å². The maximum absolute atomic E-state index is 13.7. The number of aromatic nitrogens is 1. The van der Waals surface area contributed by atoms with Crippen molar-refractivity contribution in [1.29, 1.82) is 0 Å². The topological polar surface area (TPSA) is 65.6 Å². The number of H-pyrrole nitrogens is 1. The van der Waals surface area contributed by atoms with Crippen LogP contribution in [-0.4, -0.2) is 59.9 Å². The fourth-order valence-corrected chi connectivity index (χ4v) is 4.84. The van der Waals surface area contributed by atoms with Crippen molar-refractivity contribution in [1.82, 2.24) is 14.8 Å². The molecule has 3 aromatic rings. The quantitative estimate of drug-likeness (QED) is 0.236. The van der Waals surface area contributed by atoms with E-state index in [-0.39, 0.29) is 30.1 Å². The highest BCUT2D eigenvalue weighted by Gasteiger charge is 2.26. The SMILES string of the molecule is CCCC[C@@H](CC)C(=O)N(CCCOC)CC(=O)N(CCc1c[nH]c2ccccc12)Cc1ccc(F)cc1. The lowest BCUT2D eigenvalue weighted by Gasteiger charge is -2.30. The number of para-hydroxylation sites is 1. The zero-order chi connectivity index (χ0) is 27.3. The molecule has 0 saturated heterocycles. The van der Waals surface area contributed by atoms with E-state index in [0.29, 0.717) is 39.1 Å². The molecule has 0 aliphatic heterocycles. The highest BCUT2D eigenvalue weighted by atomic mass is 19.1. The number of rotatable bonds is 16. The van der Waals surface area contributed by atoms with Gasteiger partial charge in [-0.2, -0.15) is 0 Å². The molecule has 6 nitrogen and oxygen atoms in total. The number of nitrogens with one attached hydrogen (secondary N) is 1. The molecule has 2 amide bonds. The maximum atomic E-state index is 13.7. The van der Waals surface area contributed by atoms with Gasteiger partial charge in [-0.3, -0.25) is 9.59 Å². The van der Waals surface area contributed by atoms with Crippen LogP contribution >= 0.6 is 0 Å². The van der Waals surface area contributed by atoms with E-state index in [2.05, 4.69) is 18.0 Å². The Morgan fingerprint density at radius 3 is 2.47 bits per heavy atom. The van der Waals surface area contributed by atoms with Crippen LogP contribution in [0.3, 0.4) is 0 Å². The van der Waals surface area contributed by atoms with E-state index in [1.165, 1.54) is 12.1 Å². The number of benzene rings is 2. The Morgan fingerprint density at radius 2 is 1.76 bits per heavy atom. The minimum Gasteiger partial charge on any atom is -0.385 e. The summed E-state index contributed by atoms with van der Waals surface area (Å²) in [6.45, 7) is 6.05. The van der Waals surface area contributed by atoms with Crippen LogP contribution in [0.2, 0.25) is 0 Å². The Labute approximate surface area is 226 Å². The lowest BCUT2D eigenvalue weighted by Crippen LogP contribution is -2.45. The molecule has 0 radical (unpaired) electrons. The van der Waals surface area contributed by atoms with Gasteiger partial charge in [-0.15, -0.1) is 0 Å². The van der Waals surface area contributed by atoms with Crippen molar-refractivity contribution in [2.24, 2.45) is 5.92 Å². The summed E-state index contributed by atoms with van der Waals surface area (Å²) >= 11 is 0. The molecule has 3 rings (SSSR count). The number of amides is 2. The summed E-state index contributed by atoms with van der Waals surface area (Å²) in [5.74, 6) is -0.450. The van der Waals surface area contributed by atoms with Gasteiger partial charge in [0.05, 0.1) is 6.54 Å². The zero-order valence-electron chi connectivity index (χ0n) is 23.0. The molecule has 0 saturated carbocycles. The molecule has 0 spiro atoms. The van der Waals surface area contributed by atoms with Gasteiger partial charge in [0.15, 0.2) is 0 Å². The Balaban J connectivity index is 1.78. The van der Waals surface area contributed by atoms with Crippen molar-refractivity contribution >= 4 is 22.7 Å². The number of aromatic amines is 1. The summed E-state index contributed by atoms with van der Waals surface area (Å²) in [6, 6.07) is 14.4. The van der Waals surface area contributed by atoms with Crippen molar-refractivity contribution in [3.8, 4) is 0 Å². The molecular formula is C31H42FN3O3. The molecule has 2 aromatic carbocycles. The van der Waals surface area contributed by atoms with Crippen molar-refractivity contribution in [2.75, 3.05) is 33.4 Å².